The molecule has 112 valence electrons. The van der Waals surface area contributed by atoms with Crippen LogP contribution in [0.25, 0.3) is 11.3 Å². The van der Waals surface area contributed by atoms with Crippen molar-refractivity contribution in [1.29, 1.82) is 0 Å². The lowest BCUT2D eigenvalue weighted by atomic mass is 10.1. The highest BCUT2D eigenvalue weighted by Crippen LogP contribution is 2.24. The largest absolute Gasteiger partial charge is 0.497 e. The van der Waals surface area contributed by atoms with Crippen molar-refractivity contribution in [3.8, 4) is 17.0 Å². The maximum Gasteiger partial charge on any atom is 0.274 e. The number of carbonyl (C=O) groups excluding carboxylic acids is 1. The number of amides is 1. The highest BCUT2D eigenvalue weighted by atomic mass is 16.5. The third-order valence-electron chi connectivity index (χ3n) is 3.52. The van der Waals surface area contributed by atoms with E-state index in [1.54, 1.807) is 16.7 Å². The van der Waals surface area contributed by atoms with Crippen molar-refractivity contribution in [1.82, 2.24) is 14.7 Å². The van der Waals surface area contributed by atoms with Gasteiger partial charge in [0.1, 0.15) is 5.75 Å². The minimum Gasteiger partial charge on any atom is -0.497 e. The second-order valence-corrected chi connectivity index (χ2v) is 4.75. The van der Waals surface area contributed by atoms with Gasteiger partial charge in [-0.25, -0.2) is 0 Å². The van der Waals surface area contributed by atoms with E-state index in [0.29, 0.717) is 18.8 Å². The van der Waals surface area contributed by atoms with Crippen molar-refractivity contribution in [3.05, 3.63) is 36.0 Å². The molecule has 1 aromatic heterocycles. The zero-order valence-corrected chi connectivity index (χ0v) is 13.0. The van der Waals surface area contributed by atoms with Crippen LogP contribution in [0.4, 0.5) is 0 Å². The number of aryl methyl sites for hydroxylation is 1. The van der Waals surface area contributed by atoms with E-state index in [1.807, 2.05) is 51.2 Å². The molecule has 5 nitrogen and oxygen atoms in total. The van der Waals surface area contributed by atoms with E-state index in [9.17, 15) is 4.79 Å². The Morgan fingerprint density at radius 2 is 2.00 bits per heavy atom. The Hall–Kier alpha value is -2.30. The van der Waals surface area contributed by atoms with Crippen LogP contribution in [-0.4, -0.2) is 40.8 Å². The van der Waals surface area contributed by atoms with Gasteiger partial charge < -0.3 is 9.64 Å². The fraction of sp³-hybridized carbons (Fsp3) is 0.375. The lowest BCUT2D eigenvalue weighted by Crippen LogP contribution is -2.30. The van der Waals surface area contributed by atoms with E-state index in [1.165, 1.54) is 0 Å². The fourth-order valence-electron chi connectivity index (χ4n) is 2.30. The number of hydrogen-bond donors (Lipinski definition) is 0. The molecule has 0 bridgehead atoms. The number of hydrogen-bond acceptors (Lipinski definition) is 3. The van der Waals surface area contributed by atoms with Gasteiger partial charge in [-0.05, 0) is 32.0 Å². The molecule has 2 aromatic rings. The highest BCUT2D eigenvalue weighted by Gasteiger charge is 2.18. The molecule has 0 unspecified atom stereocenters. The quantitative estimate of drug-likeness (QED) is 0.849. The predicted molar refractivity (Wildman–Crippen MR) is 82.4 cm³/mol. The Labute approximate surface area is 125 Å². The summed E-state index contributed by atoms with van der Waals surface area (Å²) in [5.41, 5.74) is 2.34. The van der Waals surface area contributed by atoms with Crippen LogP contribution < -0.4 is 4.74 Å². The molecule has 2 rings (SSSR count). The van der Waals surface area contributed by atoms with Crippen LogP contribution in [0, 0.1) is 0 Å². The Morgan fingerprint density at radius 3 is 2.62 bits per heavy atom. The van der Waals surface area contributed by atoms with Crippen LogP contribution in [0.2, 0.25) is 0 Å². The number of nitrogens with zero attached hydrogens (tertiary/aromatic N) is 3. The predicted octanol–water partition coefficient (Wildman–Crippen LogP) is 2.58. The lowest BCUT2D eigenvalue weighted by Gasteiger charge is -2.16. The average Bonchev–Trinajstić information content (AvgIpc) is 2.90. The van der Waals surface area contributed by atoms with E-state index in [0.717, 1.165) is 17.0 Å². The lowest BCUT2D eigenvalue weighted by molar-refractivity contribution is 0.0766. The number of methoxy groups -OCH3 is 1. The fourth-order valence-corrected chi connectivity index (χ4v) is 2.30. The average molecular weight is 287 g/mol. The standard InChI is InChI=1S/C16H21N3O2/c1-5-19(6-2)16(20)14-11-15(18(3)17-14)12-8-7-9-13(10-12)21-4/h7-11H,5-6H2,1-4H3. The molecular weight excluding hydrogens is 266 g/mol. The van der Waals surface area contributed by atoms with Crippen LogP contribution in [-0.2, 0) is 7.05 Å². The molecule has 0 aliphatic carbocycles. The molecule has 0 N–H and O–H groups in total. The normalized spacial score (nSPS) is 10.5. The van der Waals surface area contributed by atoms with Crippen LogP contribution in [0.3, 0.4) is 0 Å². The Balaban J connectivity index is 2.37. The van der Waals surface area contributed by atoms with Gasteiger partial charge in [0.15, 0.2) is 5.69 Å². The molecule has 21 heavy (non-hydrogen) atoms. The molecule has 0 spiro atoms. The number of ether oxygens (including phenoxy) is 1. The summed E-state index contributed by atoms with van der Waals surface area (Å²) in [5.74, 6) is 0.745. The van der Waals surface area contributed by atoms with Gasteiger partial charge in [-0.3, -0.25) is 9.48 Å². The van der Waals surface area contributed by atoms with Crippen molar-refractivity contribution in [3.63, 3.8) is 0 Å². The minimum atomic E-state index is -0.0373. The molecule has 0 radical (unpaired) electrons. The molecule has 1 amide bonds. The molecule has 0 fully saturated rings. The number of aromatic nitrogens is 2. The van der Waals surface area contributed by atoms with Crippen molar-refractivity contribution in [2.24, 2.45) is 7.05 Å². The first-order chi connectivity index (χ1) is 10.1. The Kier molecular flexibility index (Phi) is 4.62. The Bertz CT molecular complexity index is 630. The molecule has 0 saturated heterocycles. The number of rotatable bonds is 5. The van der Waals surface area contributed by atoms with Gasteiger partial charge in [-0.2, -0.15) is 5.10 Å². The third-order valence-corrected chi connectivity index (χ3v) is 3.52. The summed E-state index contributed by atoms with van der Waals surface area (Å²) in [6.45, 7) is 5.29. The van der Waals surface area contributed by atoms with Gasteiger partial charge in [0.2, 0.25) is 0 Å². The van der Waals surface area contributed by atoms with Gasteiger partial charge in [-0.15, -0.1) is 0 Å². The van der Waals surface area contributed by atoms with Crippen molar-refractivity contribution < 1.29 is 9.53 Å². The summed E-state index contributed by atoms with van der Waals surface area (Å²) >= 11 is 0. The Morgan fingerprint density at radius 1 is 1.29 bits per heavy atom. The molecule has 0 aliphatic heterocycles. The van der Waals surface area contributed by atoms with Gasteiger partial charge in [0.25, 0.3) is 5.91 Å². The molecule has 1 aromatic carbocycles. The maximum atomic E-state index is 12.4. The van der Waals surface area contributed by atoms with Crippen LogP contribution >= 0.6 is 0 Å². The second-order valence-electron chi connectivity index (χ2n) is 4.75. The van der Waals surface area contributed by atoms with Gasteiger partial charge in [0, 0.05) is 25.7 Å². The molecular formula is C16H21N3O2. The van der Waals surface area contributed by atoms with Gasteiger partial charge >= 0.3 is 0 Å². The summed E-state index contributed by atoms with van der Waals surface area (Å²) in [6.07, 6.45) is 0. The second kappa shape index (κ2) is 6.43. The van der Waals surface area contributed by atoms with Crippen LogP contribution in [0.5, 0.6) is 5.75 Å². The molecule has 0 aliphatic rings. The summed E-state index contributed by atoms with van der Waals surface area (Å²) in [6, 6.07) is 9.55. The van der Waals surface area contributed by atoms with Gasteiger partial charge in [-0.1, -0.05) is 12.1 Å². The van der Waals surface area contributed by atoms with Crippen molar-refractivity contribution in [2.75, 3.05) is 20.2 Å². The van der Waals surface area contributed by atoms with Gasteiger partial charge in [0.05, 0.1) is 12.8 Å². The first-order valence-electron chi connectivity index (χ1n) is 7.08. The first kappa shape index (κ1) is 15.1. The highest BCUT2D eigenvalue weighted by molar-refractivity contribution is 5.93. The number of benzene rings is 1. The third kappa shape index (κ3) is 3.07. The van der Waals surface area contributed by atoms with E-state index >= 15 is 0 Å². The summed E-state index contributed by atoms with van der Waals surface area (Å²) in [4.78, 5) is 14.1. The van der Waals surface area contributed by atoms with E-state index in [4.69, 9.17) is 4.74 Å². The topological polar surface area (TPSA) is 47.4 Å². The summed E-state index contributed by atoms with van der Waals surface area (Å²) in [7, 11) is 3.48. The molecule has 5 heteroatoms. The monoisotopic (exact) mass is 287 g/mol. The summed E-state index contributed by atoms with van der Waals surface area (Å²) in [5, 5.41) is 4.34. The maximum absolute atomic E-state index is 12.4. The molecule has 1 heterocycles. The zero-order valence-electron chi connectivity index (χ0n) is 13.0. The minimum absolute atomic E-state index is 0.0373. The zero-order chi connectivity index (χ0) is 15.4. The summed E-state index contributed by atoms with van der Waals surface area (Å²) < 4.78 is 6.97. The molecule has 0 atom stereocenters. The first-order valence-corrected chi connectivity index (χ1v) is 7.08. The van der Waals surface area contributed by atoms with E-state index < -0.39 is 0 Å². The molecule has 0 saturated carbocycles. The SMILES string of the molecule is CCN(CC)C(=O)c1cc(-c2cccc(OC)c2)n(C)n1. The smallest absolute Gasteiger partial charge is 0.274 e. The van der Waals surface area contributed by atoms with Crippen LogP contribution in [0.15, 0.2) is 30.3 Å². The van der Waals surface area contributed by atoms with E-state index in [-0.39, 0.29) is 5.91 Å². The van der Waals surface area contributed by atoms with Crippen LogP contribution in [0.1, 0.15) is 24.3 Å². The number of carbonyl (C=O) groups is 1. The van der Waals surface area contributed by atoms with Crippen molar-refractivity contribution in [2.45, 2.75) is 13.8 Å². The van der Waals surface area contributed by atoms with E-state index in [2.05, 4.69) is 5.10 Å². The van der Waals surface area contributed by atoms with Crippen molar-refractivity contribution >= 4 is 5.91 Å².